The smallest absolute Gasteiger partial charge is 0.0243 e. The van der Waals surface area contributed by atoms with Gasteiger partial charge in [0.2, 0.25) is 0 Å². The highest BCUT2D eigenvalue weighted by Gasteiger charge is 2.23. The number of likely N-dealkylation sites (N-methyl/N-ethyl adjacent to an activating group) is 1. The van der Waals surface area contributed by atoms with Crippen LogP contribution in [0.25, 0.3) is 0 Å². The van der Waals surface area contributed by atoms with E-state index in [0.29, 0.717) is 18.0 Å². The van der Waals surface area contributed by atoms with Crippen LogP contribution in [0.1, 0.15) is 47.0 Å². The van der Waals surface area contributed by atoms with Gasteiger partial charge in [-0.15, -0.1) is 0 Å². The summed E-state index contributed by atoms with van der Waals surface area (Å²) >= 11 is 0. The molecule has 0 heterocycles. The zero-order valence-corrected chi connectivity index (χ0v) is 10.6. The summed E-state index contributed by atoms with van der Waals surface area (Å²) in [6, 6.07) is 1.24. The molecule has 0 saturated carbocycles. The number of nitrogens with two attached hydrogens (primary N) is 1. The molecule has 0 amide bonds. The topological polar surface area (TPSA) is 29.3 Å². The normalized spacial score (nSPS) is 16.3. The minimum absolute atomic E-state index is 0.546. The number of nitrogens with zero attached hydrogens (tertiary/aromatic N) is 1. The molecule has 2 nitrogen and oxygen atoms in total. The van der Waals surface area contributed by atoms with E-state index in [2.05, 4.69) is 39.6 Å². The van der Waals surface area contributed by atoms with Crippen LogP contribution in [-0.2, 0) is 0 Å². The first-order valence-corrected chi connectivity index (χ1v) is 6.04. The minimum Gasteiger partial charge on any atom is -0.329 e. The van der Waals surface area contributed by atoms with E-state index in [1.807, 2.05) is 0 Å². The minimum atomic E-state index is 0.546. The lowest BCUT2D eigenvalue weighted by molar-refractivity contribution is 0.125. The summed E-state index contributed by atoms with van der Waals surface area (Å²) in [5.74, 6) is 0.700. The van der Waals surface area contributed by atoms with E-state index in [0.717, 1.165) is 6.54 Å². The Labute approximate surface area is 89.9 Å². The van der Waals surface area contributed by atoms with Gasteiger partial charge in [-0.1, -0.05) is 34.1 Å². The van der Waals surface area contributed by atoms with Crippen LogP contribution in [0.2, 0.25) is 0 Å². The third-order valence-corrected chi connectivity index (χ3v) is 3.58. The number of hydrogen-bond acceptors (Lipinski definition) is 2. The Kier molecular flexibility index (Phi) is 7.20. The van der Waals surface area contributed by atoms with Gasteiger partial charge in [0, 0.05) is 18.6 Å². The molecule has 0 aliphatic carbocycles. The molecule has 0 radical (unpaired) electrons. The Hall–Kier alpha value is -0.0800. The van der Waals surface area contributed by atoms with Crippen molar-refractivity contribution in [3.8, 4) is 0 Å². The maximum Gasteiger partial charge on any atom is 0.0243 e. The lowest BCUT2D eigenvalue weighted by Gasteiger charge is -2.37. The lowest BCUT2D eigenvalue weighted by atomic mass is 9.95. The monoisotopic (exact) mass is 200 g/mol. The Morgan fingerprint density at radius 1 is 1.07 bits per heavy atom. The van der Waals surface area contributed by atoms with Crippen LogP contribution >= 0.6 is 0 Å². The Morgan fingerprint density at radius 3 is 1.86 bits per heavy atom. The first-order chi connectivity index (χ1) is 6.62. The second kappa shape index (κ2) is 7.24. The van der Waals surface area contributed by atoms with Crippen LogP contribution in [0.4, 0.5) is 0 Å². The Morgan fingerprint density at radius 2 is 1.57 bits per heavy atom. The molecule has 0 aromatic carbocycles. The van der Waals surface area contributed by atoms with Crippen molar-refractivity contribution >= 4 is 0 Å². The van der Waals surface area contributed by atoms with E-state index in [9.17, 15) is 0 Å². The van der Waals surface area contributed by atoms with Gasteiger partial charge in [0.05, 0.1) is 0 Å². The zero-order chi connectivity index (χ0) is 11.1. The predicted octanol–water partition coefficient (Wildman–Crippen LogP) is 2.48. The summed E-state index contributed by atoms with van der Waals surface area (Å²) in [4.78, 5) is 2.48. The van der Waals surface area contributed by atoms with Crippen molar-refractivity contribution in [2.75, 3.05) is 13.6 Å². The predicted molar refractivity (Wildman–Crippen MR) is 64.4 cm³/mol. The van der Waals surface area contributed by atoms with Crippen LogP contribution in [0.5, 0.6) is 0 Å². The van der Waals surface area contributed by atoms with Crippen molar-refractivity contribution in [1.29, 1.82) is 0 Å². The maximum absolute atomic E-state index is 5.86. The van der Waals surface area contributed by atoms with Crippen LogP contribution in [0, 0.1) is 5.92 Å². The van der Waals surface area contributed by atoms with Gasteiger partial charge in [0.1, 0.15) is 0 Å². The molecule has 0 aliphatic rings. The molecule has 0 fully saturated rings. The fraction of sp³-hybridized carbons (Fsp3) is 1.00. The molecule has 0 aliphatic heterocycles. The van der Waals surface area contributed by atoms with E-state index in [4.69, 9.17) is 5.73 Å². The van der Waals surface area contributed by atoms with Crippen LogP contribution in [0.15, 0.2) is 0 Å². The molecule has 2 atom stereocenters. The van der Waals surface area contributed by atoms with Crippen molar-refractivity contribution in [3.63, 3.8) is 0 Å². The molecule has 2 N–H and O–H groups in total. The molecule has 0 spiro atoms. The van der Waals surface area contributed by atoms with Gasteiger partial charge in [-0.25, -0.2) is 0 Å². The summed E-state index contributed by atoms with van der Waals surface area (Å²) in [6.45, 7) is 9.84. The standard InChI is InChI=1S/C12H28N2/c1-6-10(4)12(9-13)14(5)11(7-2)8-3/h10-12H,6-9,13H2,1-5H3. The van der Waals surface area contributed by atoms with Crippen molar-refractivity contribution in [1.82, 2.24) is 4.90 Å². The number of hydrogen-bond donors (Lipinski definition) is 1. The van der Waals surface area contributed by atoms with Crippen molar-refractivity contribution in [2.45, 2.75) is 59.0 Å². The molecule has 0 saturated heterocycles. The SMILES string of the molecule is CCC(C)C(CN)N(C)C(CC)CC. The summed E-state index contributed by atoms with van der Waals surface area (Å²) < 4.78 is 0. The second-order valence-corrected chi connectivity index (χ2v) is 4.32. The van der Waals surface area contributed by atoms with E-state index in [-0.39, 0.29) is 0 Å². The Balaban J connectivity index is 4.34. The average molecular weight is 200 g/mol. The summed E-state index contributed by atoms with van der Waals surface area (Å²) in [7, 11) is 2.22. The highest BCUT2D eigenvalue weighted by molar-refractivity contribution is 4.79. The molecule has 0 aromatic rings. The van der Waals surface area contributed by atoms with Crippen molar-refractivity contribution in [3.05, 3.63) is 0 Å². The highest BCUT2D eigenvalue weighted by Crippen LogP contribution is 2.17. The molecule has 2 heteroatoms. The highest BCUT2D eigenvalue weighted by atomic mass is 15.2. The molecule has 14 heavy (non-hydrogen) atoms. The number of rotatable bonds is 7. The van der Waals surface area contributed by atoms with E-state index < -0.39 is 0 Å². The van der Waals surface area contributed by atoms with E-state index in [1.165, 1.54) is 19.3 Å². The van der Waals surface area contributed by atoms with Gasteiger partial charge in [0.25, 0.3) is 0 Å². The van der Waals surface area contributed by atoms with Crippen LogP contribution < -0.4 is 5.73 Å². The fourth-order valence-corrected chi connectivity index (χ4v) is 2.21. The first kappa shape index (κ1) is 13.9. The van der Waals surface area contributed by atoms with Gasteiger partial charge < -0.3 is 5.73 Å². The molecule has 0 aromatic heterocycles. The first-order valence-electron chi connectivity index (χ1n) is 6.04. The van der Waals surface area contributed by atoms with Gasteiger partial charge in [-0.3, -0.25) is 4.90 Å². The molecular formula is C12H28N2. The van der Waals surface area contributed by atoms with Gasteiger partial charge in [0.15, 0.2) is 0 Å². The molecule has 86 valence electrons. The Bertz CT molecular complexity index is 132. The van der Waals surface area contributed by atoms with E-state index in [1.54, 1.807) is 0 Å². The van der Waals surface area contributed by atoms with Crippen molar-refractivity contribution < 1.29 is 0 Å². The van der Waals surface area contributed by atoms with Gasteiger partial charge in [-0.05, 0) is 25.8 Å². The molecule has 0 rings (SSSR count). The fourth-order valence-electron chi connectivity index (χ4n) is 2.21. The maximum atomic E-state index is 5.86. The van der Waals surface area contributed by atoms with E-state index >= 15 is 0 Å². The van der Waals surface area contributed by atoms with Crippen LogP contribution in [-0.4, -0.2) is 30.6 Å². The zero-order valence-electron chi connectivity index (χ0n) is 10.6. The summed E-state index contributed by atoms with van der Waals surface area (Å²) in [5, 5.41) is 0. The third kappa shape index (κ3) is 3.58. The van der Waals surface area contributed by atoms with Gasteiger partial charge >= 0.3 is 0 Å². The summed E-state index contributed by atoms with van der Waals surface area (Å²) in [6.07, 6.45) is 3.66. The lowest BCUT2D eigenvalue weighted by Crippen LogP contribution is -2.47. The summed E-state index contributed by atoms with van der Waals surface area (Å²) in [5.41, 5.74) is 5.86. The third-order valence-electron chi connectivity index (χ3n) is 3.58. The average Bonchev–Trinajstić information content (AvgIpc) is 2.20. The molecular weight excluding hydrogens is 172 g/mol. The van der Waals surface area contributed by atoms with Crippen molar-refractivity contribution in [2.24, 2.45) is 11.7 Å². The molecule has 2 unspecified atom stereocenters. The quantitative estimate of drug-likeness (QED) is 0.684. The molecule has 0 bridgehead atoms. The van der Waals surface area contributed by atoms with Gasteiger partial charge in [-0.2, -0.15) is 0 Å². The largest absolute Gasteiger partial charge is 0.329 e. The second-order valence-electron chi connectivity index (χ2n) is 4.32. The van der Waals surface area contributed by atoms with Crippen LogP contribution in [0.3, 0.4) is 0 Å².